The highest BCUT2D eigenvalue weighted by Crippen LogP contribution is 2.28. The Morgan fingerprint density at radius 2 is 2.04 bits per heavy atom. The molecule has 0 aliphatic carbocycles. The van der Waals surface area contributed by atoms with Crippen LogP contribution in [-0.4, -0.2) is 35.8 Å². The first-order valence-corrected chi connectivity index (χ1v) is 8.32. The molecule has 0 amide bonds. The average Bonchev–Trinajstić information content (AvgIpc) is 2.54. The minimum Gasteiger partial charge on any atom is -0.475 e. The summed E-state index contributed by atoms with van der Waals surface area (Å²) in [7, 11) is 0. The van der Waals surface area contributed by atoms with Crippen LogP contribution in [-0.2, 0) is 4.74 Å². The molecule has 2 N–H and O–H groups in total. The summed E-state index contributed by atoms with van der Waals surface area (Å²) in [6, 6.07) is 9.53. The summed E-state index contributed by atoms with van der Waals surface area (Å²) in [6.07, 6.45) is -0.0136. The van der Waals surface area contributed by atoms with E-state index in [0.29, 0.717) is 24.1 Å². The zero-order valence-corrected chi connectivity index (χ0v) is 14.5. The standard InChI is InChI=1S/C17H21ClN4O2/c1-11(2)24-16-9-15(20-17(19)21-16)22-7-8-23-14(10-22)12-3-5-13(18)6-4-12/h3-6,9,11,14H,7-8,10H2,1-2H3,(H2,19,20,21)/t14-/m1/s1. The van der Waals surface area contributed by atoms with Crippen LogP contribution >= 0.6 is 11.6 Å². The fourth-order valence-electron chi connectivity index (χ4n) is 2.63. The number of hydrogen-bond donors (Lipinski definition) is 1. The largest absolute Gasteiger partial charge is 0.475 e. The van der Waals surface area contributed by atoms with E-state index < -0.39 is 0 Å². The lowest BCUT2D eigenvalue weighted by Crippen LogP contribution is -2.39. The Hall–Kier alpha value is -2.05. The highest BCUT2D eigenvalue weighted by Gasteiger charge is 2.24. The maximum Gasteiger partial charge on any atom is 0.225 e. The van der Waals surface area contributed by atoms with E-state index in [4.69, 9.17) is 26.8 Å². The molecule has 1 aliphatic heterocycles. The number of nitrogen functional groups attached to an aromatic ring is 1. The number of rotatable bonds is 4. The fraction of sp³-hybridized carbons (Fsp3) is 0.412. The number of nitrogens with two attached hydrogens (primary N) is 1. The number of anilines is 2. The van der Waals surface area contributed by atoms with Crippen molar-refractivity contribution in [3.8, 4) is 5.88 Å². The molecule has 2 aromatic rings. The van der Waals surface area contributed by atoms with Crippen molar-refractivity contribution < 1.29 is 9.47 Å². The van der Waals surface area contributed by atoms with Crippen molar-refractivity contribution in [3.05, 3.63) is 40.9 Å². The molecule has 1 aromatic heterocycles. The third-order valence-electron chi connectivity index (χ3n) is 3.70. The van der Waals surface area contributed by atoms with Gasteiger partial charge in [-0.15, -0.1) is 0 Å². The van der Waals surface area contributed by atoms with Crippen LogP contribution in [0.2, 0.25) is 5.02 Å². The molecule has 1 saturated heterocycles. The van der Waals surface area contributed by atoms with Crippen LogP contribution < -0.4 is 15.4 Å². The third-order valence-corrected chi connectivity index (χ3v) is 3.95. The fourth-order valence-corrected chi connectivity index (χ4v) is 2.76. The predicted molar refractivity (Wildman–Crippen MR) is 94.6 cm³/mol. The van der Waals surface area contributed by atoms with Crippen molar-refractivity contribution in [2.45, 2.75) is 26.1 Å². The summed E-state index contributed by atoms with van der Waals surface area (Å²) in [5.74, 6) is 1.44. The Balaban J connectivity index is 1.79. The SMILES string of the molecule is CC(C)Oc1cc(N2CCO[C@@H](c3ccc(Cl)cc3)C2)nc(N)n1. The number of morpholine rings is 1. The Morgan fingerprint density at radius 3 is 2.75 bits per heavy atom. The maximum absolute atomic E-state index is 5.96. The molecule has 1 atom stereocenters. The Kier molecular flexibility index (Phi) is 5.06. The van der Waals surface area contributed by atoms with Crippen molar-refractivity contribution in [2.75, 3.05) is 30.3 Å². The van der Waals surface area contributed by atoms with Crippen molar-refractivity contribution in [2.24, 2.45) is 0 Å². The average molecular weight is 349 g/mol. The van der Waals surface area contributed by atoms with Gasteiger partial charge in [0, 0.05) is 24.2 Å². The first-order valence-electron chi connectivity index (χ1n) is 7.94. The van der Waals surface area contributed by atoms with E-state index in [1.54, 1.807) is 0 Å². The molecule has 1 fully saturated rings. The molecule has 0 saturated carbocycles. The number of nitrogens with zero attached hydrogens (tertiary/aromatic N) is 3. The van der Waals surface area contributed by atoms with E-state index in [1.165, 1.54) is 0 Å². The van der Waals surface area contributed by atoms with Crippen LogP contribution in [0.4, 0.5) is 11.8 Å². The normalized spacial score (nSPS) is 18.0. The number of ether oxygens (including phenoxy) is 2. The Morgan fingerprint density at radius 1 is 1.29 bits per heavy atom. The summed E-state index contributed by atoms with van der Waals surface area (Å²) in [5, 5.41) is 0.713. The van der Waals surface area contributed by atoms with Crippen LogP contribution in [0.1, 0.15) is 25.5 Å². The molecule has 2 heterocycles. The molecule has 6 nitrogen and oxygen atoms in total. The maximum atomic E-state index is 5.96. The van der Waals surface area contributed by atoms with Crippen molar-refractivity contribution in [1.82, 2.24) is 9.97 Å². The summed E-state index contributed by atoms with van der Waals surface area (Å²) in [5.41, 5.74) is 6.92. The van der Waals surface area contributed by atoms with Crippen LogP contribution in [0.5, 0.6) is 5.88 Å². The van der Waals surface area contributed by atoms with E-state index in [9.17, 15) is 0 Å². The number of aromatic nitrogens is 2. The predicted octanol–water partition coefficient (Wildman–Crippen LogP) is 3.08. The first-order chi connectivity index (χ1) is 11.5. The first kappa shape index (κ1) is 16.8. The minimum atomic E-state index is -0.0401. The lowest BCUT2D eigenvalue weighted by Gasteiger charge is -2.34. The van der Waals surface area contributed by atoms with Gasteiger partial charge >= 0.3 is 0 Å². The molecular weight excluding hydrogens is 328 g/mol. The monoisotopic (exact) mass is 348 g/mol. The van der Waals surface area contributed by atoms with Gasteiger partial charge in [0.15, 0.2) is 0 Å². The molecule has 3 rings (SSSR count). The zero-order valence-electron chi connectivity index (χ0n) is 13.8. The summed E-state index contributed by atoms with van der Waals surface area (Å²) >= 11 is 5.96. The molecule has 0 unspecified atom stereocenters. The molecule has 0 spiro atoms. The molecular formula is C17H21ClN4O2. The van der Waals surface area contributed by atoms with Crippen molar-refractivity contribution in [3.63, 3.8) is 0 Å². The quantitative estimate of drug-likeness (QED) is 0.915. The number of hydrogen-bond acceptors (Lipinski definition) is 6. The lowest BCUT2D eigenvalue weighted by atomic mass is 10.1. The van der Waals surface area contributed by atoms with Gasteiger partial charge in [0.25, 0.3) is 0 Å². The molecule has 0 radical (unpaired) electrons. The zero-order chi connectivity index (χ0) is 17.1. The van der Waals surface area contributed by atoms with Gasteiger partial charge in [-0.3, -0.25) is 0 Å². The lowest BCUT2D eigenvalue weighted by molar-refractivity contribution is 0.0395. The summed E-state index contributed by atoms with van der Waals surface area (Å²) in [4.78, 5) is 10.6. The molecule has 1 aromatic carbocycles. The van der Waals surface area contributed by atoms with Gasteiger partial charge in [0.2, 0.25) is 11.8 Å². The van der Waals surface area contributed by atoms with Gasteiger partial charge in [0.1, 0.15) is 11.9 Å². The van der Waals surface area contributed by atoms with E-state index in [0.717, 1.165) is 17.9 Å². The molecule has 7 heteroatoms. The van der Waals surface area contributed by atoms with Crippen LogP contribution in [0, 0.1) is 0 Å². The van der Waals surface area contributed by atoms with E-state index >= 15 is 0 Å². The van der Waals surface area contributed by atoms with Gasteiger partial charge in [-0.25, -0.2) is 0 Å². The minimum absolute atomic E-state index is 0.0265. The van der Waals surface area contributed by atoms with E-state index in [1.807, 2.05) is 44.2 Å². The van der Waals surface area contributed by atoms with Crippen LogP contribution in [0.3, 0.4) is 0 Å². The molecule has 24 heavy (non-hydrogen) atoms. The summed E-state index contributed by atoms with van der Waals surface area (Å²) < 4.78 is 11.5. The van der Waals surface area contributed by atoms with Gasteiger partial charge in [-0.05, 0) is 31.5 Å². The Bertz CT molecular complexity index is 693. The molecule has 128 valence electrons. The smallest absolute Gasteiger partial charge is 0.225 e. The molecule has 1 aliphatic rings. The number of benzene rings is 1. The van der Waals surface area contributed by atoms with Crippen molar-refractivity contribution >= 4 is 23.4 Å². The second kappa shape index (κ2) is 7.23. The second-order valence-electron chi connectivity index (χ2n) is 5.95. The van der Waals surface area contributed by atoms with Crippen molar-refractivity contribution in [1.29, 1.82) is 0 Å². The highest BCUT2D eigenvalue weighted by molar-refractivity contribution is 6.30. The van der Waals surface area contributed by atoms with E-state index in [2.05, 4.69) is 14.9 Å². The molecule has 0 bridgehead atoms. The van der Waals surface area contributed by atoms with Crippen LogP contribution in [0.25, 0.3) is 0 Å². The number of halogens is 1. The summed E-state index contributed by atoms with van der Waals surface area (Å²) in [6.45, 7) is 5.92. The second-order valence-corrected chi connectivity index (χ2v) is 6.38. The topological polar surface area (TPSA) is 73.5 Å². The van der Waals surface area contributed by atoms with Gasteiger partial charge in [0.05, 0.1) is 12.7 Å². The third kappa shape index (κ3) is 4.07. The van der Waals surface area contributed by atoms with Crippen LogP contribution in [0.15, 0.2) is 30.3 Å². The van der Waals surface area contributed by atoms with Gasteiger partial charge in [-0.1, -0.05) is 23.7 Å². The van der Waals surface area contributed by atoms with E-state index in [-0.39, 0.29) is 18.2 Å². The Labute approximate surface area is 146 Å². The van der Waals surface area contributed by atoms with Gasteiger partial charge in [-0.2, -0.15) is 9.97 Å². The highest BCUT2D eigenvalue weighted by atomic mass is 35.5. The van der Waals surface area contributed by atoms with Gasteiger partial charge < -0.3 is 20.1 Å².